The van der Waals surface area contributed by atoms with Gasteiger partial charge in [-0.1, -0.05) is 25.1 Å². The first kappa shape index (κ1) is 12.5. The van der Waals surface area contributed by atoms with Crippen LogP contribution in [0.5, 0.6) is 5.75 Å². The van der Waals surface area contributed by atoms with E-state index in [1.807, 2.05) is 37.3 Å². The van der Waals surface area contributed by atoms with Gasteiger partial charge in [0.05, 0.1) is 18.7 Å². The molecule has 1 rings (SSSR count). The van der Waals surface area contributed by atoms with Gasteiger partial charge in [0, 0.05) is 0 Å². The van der Waals surface area contributed by atoms with Crippen LogP contribution in [0.4, 0.5) is 0 Å². The molecule has 0 aromatic heterocycles. The van der Waals surface area contributed by atoms with Crippen molar-refractivity contribution < 1.29 is 4.74 Å². The molecular weight excluding hydrogens is 200 g/mol. The van der Waals surface area contributed by atoms with Crippen molar-refractivity contribution in [1.29, 1.82) is 5.26 Å². The first-order valence-corrected chi connectivity index (χ1v) is 5.67. The Morgan fingerprint density at radius 1 is 1.38 bits per heavy atom. The molecule has 0 saturated heterocycles. The Morgan fingerprint density at radius 3 is 2.75 bits per heavy atom. The van der Waals surface area contributed by atoms with E-state index in [1.54, 1.807) is 0 Å². The number of rotatable bonds is 7. The minimum atomic E-state index is -0.0308. The predicted molar refractivity (Wildman–Crippen MR) is 64.2 cm³/mol. The van der Waals surface area contributed by atoms with Crippen LogP contribution in [0.15, 0.2) is 30.3 Å². The number of nitrogens with zero attached hydrogens (tertiary/aromatic N) is 1. The van der Waals surface area contributed by atoms with Crippen molar-refractivity contribution in [2.75, 3.05) is 13.2 Å². The molecule has 3 heteroatoms. The molecule has 1 aromatic rings. The molecule has 0 spiro atoms. The van der Waals surface area contributed by atoms with Crippen LogP contribution < -0.4 is 10.1 Å². The summed E-state index contributed by atoms with van der Waals surface area (Å²) >= 11 is 0. The average Bonchev–Trinajstić information content (AvgIpc) is 2.35. The van der Waals surface area contributed by atoms with Crippen LogP contribution in [0.25, 0.3) is 0 Å². The first-order valence-electron chi connectivity index (χ1n) is 5.67. The zero-order chi connectivity index (χ0) is 11.6. The molecule has 86 valence electrons. The number of nitriles is 1. The number of para-hydroxylation sites is 1. The van der Waals surface area contributed by atoms with Crippen LogP contribution in [0.1, 0.15) is 19.8 Å². The van der Waals surface area contributed by atoms with Crippen LogP contribution in [0, 0.1) is 11.3 Å². The van der Waals surface area contributed by atoms with Crippen molar-refractivity contribution in [3.8, 4) is 11.8 Å². The lowest BCUT2D eigenvalue weighted by Crippen LogP contribution is -2.28. The maximum absolute atomic E-state index is 8.72. The van der Waals surface area contributed by atoms with Gasteiger partial charge < -0.3 is 10.1 Å². The van der Waals surface area contributed by atoms with Crippen molar-refractivity contribution in [3.05, 3.63) is 30.3 Å². The summed E-state index contributed by atoms with van der Waals surface area (Å²) in [5.41, 5.74) is 0. The van der Waals surface area contributed by atoms with E-state index in [9.17, 15) is 0 Å². The fourth-order valence-corrected chi connectivity index (χ4v) is 1.34. The molecule has 16 heavy (non-hydrogen) atoms. The minimum Gasteiger partial charge on any atom is -0.494 e. The quantitative estimate of drug-likeness (QED) is 0.714. The van der Waals surface area contributed by atoms with Gasteiger partial charge in [-0.05, 0) is 31.5 Å². The lowest BCUT2D eigenvalue weighted by atomic mass is 10.2. The van der Waals surface area contributed by atoms with Gasteiger partial charge in [-0.25, -0.2) is 0 Å². The Morgan fingerprint density at radius 2 is 2.12 bits per heavy atom. The SMILES string of the molecule is CCC(C#N)NCCCOc1ccccc1. The van der Waals surface area contributed by atoms with Gasteiger partial charge in [0.1, 0.15) is 5.75 Å². The third-order valence-corrected chi connectivity index (χ3v) is 2.29. The van der Waals surface area contributed by atoms with Crippen LogP contribution in [-0.2, 0) is 0 Å². The summed E-state index contributed by atoms with van der Waals surface area (Å²) < 4.78 is 5.53. The normalized spacial score (nSPS) is 11.8. The Balaban J connectivity index is 2.07. The highest BCUT2D eigenvalue weighted by Crippen LogP contribution is 2.08. The van der Waals surface area contributed by atoms with E-state index in [1.165, 1.54) is 0 Å². The molecule has 0 bridgehead atoms. The van der Waals surface area contributed by atoms with Crippen LogP contribution >= 0.6 is 0 Å². The highest BCUT2D eigenvalue weighted by Gasteiger charge is 2.01. The molecule has 1 aromatic carbocycles. The molecule has 1 unspecified atom stereocenters. The maximum Gasteiger partial charge on any atom is 0.119 e. The van der Waals surface area contributed by atoms with Crippen LogP contribution in [0.3, 0.4) is 0 Å². The first-order chi connectivity index (χ1) is 7.86. The minimum absolute atomic E-state index is 0.0308. The second kappa shape index (κ2) is 7.72. The Labute approximate surface area is 97.0 Å². The zero-order valence-electron chi connectivity index (χ0n) is 9.65. The van der Waals surface area contributed by atoms with Crippen molar-refractivity contribution in [1.82, 2.24) is 5.32 Å². The molecule has 0 fully saturated rings. The molecule has 0 heterocycles. The third-order valence-electron chi connectivity index (χ3n) is 2.29. The topological polar surface area (TPSA) is 45.0 Å². The molecule has 3 nitrogen and oxygen atoms in total. The summed E-state index contributed by atoms with van der Waals surface area (Å²) in [6.45, 7) is 3.50. The molecule has 0 aliphatic carbocycles. The second-order valence-electron chi connectivity index (χ2n) is 3.56. The van der Waals surface area contributed by atoms with Crippen molar-refractivity contribution in [2.45, 2.75) is 25.8 Å². The standard InChI is InChI=1S/C13H18N2O/c1-2-12(11-14)15-9-6-10-16-13-7-4-3-5-8-13/h3-5,7-8,12,15H,2,6,9-10H2,1H3. The summed E-state index contributed by atoms with van der Waals surface area (Å²) in [7, 11) is 0. The van der Waals surface area contributed by atoms with Gasteiger partial charge in [-0.15, -0.1) is 0 Å². The number of benzene rings is 1. The van der Waals surface area contributed by atoms with E-state index in [-0.39, 0.29) is 6.04 Å². The lowest BCUT2D eigenvalue weighted by molar-refractivity contribution is 0.306. The highest BCUT2D eigenvalue weighted by atomic mass is 16.5. The lowest BCUT2D eigenvalue weighted by Gasteiger charge is -2.09. The molecule has 0 aliphatic rings. The van der Waals surface area contributed by atoms with E-state index < -0.39 is 0 Å². The van der Waals surface area contributed by atoms with E-state index in [2.05, 4.69) is 11.4 Å². The molecule has 1 N–H and O–H groups in total. The predicted octanol–water partition coefficient (Wildman–Crippen LogP) is 2.35. The van der Waals surface area contributed by atoms with E-state index in [0.29, 0.717) is 6.61 Å². The number of hydrogen-bond donors (Lipinski definition) is 1. The van der Waals surface area contributed by atoms with Crippen LogP contribution in [0.2, 0.25) is 0 Å². The molecule has 0 radical (unpaired) electrons. The molecule has 0 aliphatic heterocycles. The zero-order valence-corrected chi connectivity index (χ0v) is 9.65. The third kappa shape index (κ3) is 4.81. The van der Waals surface area contributed by atoms with Gasteiger partial charge in [-0.2, -0.15) is 5.26 Å². The monoisotopic (exact) mass is 218 g/mol. The van der Waals surface area contributed by atoms with Crippen molar-refractivity contribution >= 4 is 0 Å². The van der Waals surface area contributed by atoms with Gasteiger partial charge >= 0.3 is 0 Å². The Kier molecular flexibility index (Phi) is 6.05. The molecule has 0 amide bonds. The van der Waals surface area contributed by atoms with Crippen molar-refractivity contribution in [3.63, 3.8) is 0 Å². The number of nitrogens with one attached hydrogen (secondary N) is 1. The van der Waals surface area contributed by atoms with E-state index in [4.69, 9.17) is 10.00 Å². The Bertz CT molecular complexity index is 318. The smallest absolute Gasteiger partial charge is 0.119 e. The Hall–Kier alpha value is -1.53. The van der Waals surface area contributed by atoms with Crippen molar-refractivity contribution in [2.24, 2.45) is 0 Å². The fourth-order valence-electron chi connectivity index (χ4n) is 1.34. The summed E-state index contributed by atoms with van der Waals surface area (Å²) in [5, 5.41) is 11.9. The summed E-state index contributed by atoms with van der Waals surface area (Å²) in [4.78, 5) is 0. The fraction of sp³-hybridized carbons (Fsp3) is 0.462. The number of ether oxygens (including phenoxy) is 1. The average molecular weight is 218 g/mol. The molecular formula is C13H18N2O. The van der Waals surface area contributed by atoms with E-state index in [0.717, 1.165) is 25.1 Å². The second-order valence-corrected chi connectivity index (χ2v) is 3.56. The highest BCUT2D eigenvalue weighted by molar-refractivity contribution is 5.20. The molecule has 0 saturated carbocycles. The largest absolute Gasteiger partial charge is 0.494 e. The van der Waals surface area contributed by atoms with Gasteiger partial charge in [0.25, 0.3) is 0 Å². The van der Waals surface area contributed by atoms with E-state index >= 15 is 0 Å². The maximum atomic E-state index is 8.72. The summed E-state index contributed by atoms with van der Waals surface area (Å²) in [5.74, 6) is 0.898. The molecule has 1 atom stereocenters. The number of hydrogen-bond acceptors (Lipinski definition) is 3. The summed E-state index contributed by atoms with van der Waals surface area (Å²) in [6.07, 6.45) is 1.75. The van der Waals surface area contributed by atoms with Crippen LogP contribution in [-0.4, -0.2) is 19.2 Å². The summed E-state index contributed by atoms with van der Waals surface area (Å²) in [6, 6.07) is 11.9. The van der Waals surface area contributed by atoms with Gasteiger partial charge in [-0.3, -0.25) is 0 Å². The van der Waals surface area contributed by atoms with Gasteiger partial charge in [0.15, 0.2) is 0 Å². The van der Waals surface area contributed by atoms with Gasteiger partial charge in [0.2, 0.25) is 0 Å².